The standard InChI is InChI=1S/C13H26N6O/c1-4-13(2,19-5-7-20-8-6-19)11(17-14)9-12-15-10-16-18(12)3/h10-11,17H,4-9,14H2,1-3H3. The van der Waals surface area contributed by atoms with Crippen LogP contribution in [0.15, 0.2) is 6.33 Å². The number of aromatic nitrogens is 3. The van der Waals surface area contributed by atoms with Crippen LogP contribution in [0.5, 0.6) is 0 Å². The van der Waals surface area contributed by atoms with Gasteiger partial charge in [0.1, 0.15) is 12.2 Å². The maximum atomic E-state index is 5.84. The molecule has 2 heterocycles. The molecule has 0 amide bonds. The number of ether oxygens (including phenoxy) is 1. The minimum Gasteiger partial charge on any atom is -0.379 e. The lowest BCUT2D eigenvalue weighted by Gasteiger charge is -2.47. The Morgan fingerprint density at radius 2 is 2.20 bits per heavy atom. The molecule has 0 spiro atoms. The lowest BCUT2D eigenvalue weighted by atomic mass is 9.85. The first kappa shape index (κ1) is 15.4. The molecular formula is C13H26N6O. The lowest BCUT2D eigenvalue weighted by molar-refractivity contribution is -0.0326. The van der Waals surface area contributed by atoms with Crippen molar-refractivity contribution in [1.82, 2.24) is 25.1 Å². The molecule has 114 valence electrons. The van der Waals surface area contributed by atoms with Crippen LogP contribution in [0.2, 0.25) is 0 Å². The Morgan fingerprint density at radius 1 is 1.50 bits per heavy atom. The molecule has 3 N–H and O–H groups in total. The summed E-state index contributed by atoms with van der Waals surface area (Å²) in [5.74, 6) is 6.79. The van der Waals surface area contributed by atoms with Gasteiger partial charge in [-0.25, -0.2) is 4.98 Å². The van der Waals surface area contributed by atoms with E-state index in [1.54, 1.807) is 11.0 Å². The minimum absolute atomic E-state index is 0.0233. The van der Waals surface area contributed by atoms with Gasteiger partial charge in [-0.05, 0) is 13.3 Å². The molecule has 1 saturated heterocycles. The van der Waals surface area contributed by atoms with E-state index < -0.39 is 0 Å². The molecule has 2 rings (SSSR count). The van der Waals surface area contributed by atoms with E-state index in [0.717, 1.165) is 45.0 Å². The van der Waals surface area contributed by atoms with Gasteiger partial charge in [0.25, 0.3) is 0 Å². The van der Waals surface area contributed by atoms with Crippen LogP contribution in [0.3, 0.4) is 0 Å². The van der Waals surface area contributed by atoms with E-state index in [1.165, 1.54) is 0 Å². The van der Waals surface area contributed by atoms with Crippen LogP contribution in [-0.2, 0) is 18.2 Å². The van der Waals surface area contributed by atoms with Gasteiger partial charge in [0.15, 0.2) is 0 Å². The smallest absolute Gasteiger partial charge is 0.138 e. The fraction of sp³-hybridized carbons (Fsp3) is 0.846. The van der Waals surface area contributed by atoms with E-state index in [4.69, 9.17) is 10.6 Å². The third-order valence-electron chi connectivity index (χ3n) is 4.59. The van der Waals surface area contributed by atoms with Crippen molar-refractivity contribution in [3.63, 3.8) is 0 Å². The van der Waals surface area contributed by atoms with E-state index in [0.29, 0.717) is 0 Å². The zero-order valence-corrected chi connectivity index (χ0v) is 12.7. The largest absolute Gasteiger partial charge is 0.379 e. The van der Waals surface area contributed by atoms with Gasteiger partial charge in [-0.1, -0.05) is 6.92 Å². The van der Waals surface area contributed by atoms with Gasteiger partial charge in [-0.2, -0.15) is 5.10 Å². The van der Waals surface area contributed by atoms with Crippen molar-refractivity contribution in [3.8, 4) is 0 Å². The predicted octanol–water partition coefficient (Wildman–Crippen LogP) is -0.310. The summed E-state index contributed by atoms with van der Waals surface area (Å²) in [6.45, 7) is 7.94. The molecule has 2 unspecified atom stereocenters. The van der Waals surface area contributed by atoms with Crippen LogP contribution < -0.4 is 11.3 Å². The summed E-state index contributed by atoms with van der Waals surface area (Å²) in [6.07, 6.45) is 3.36. The Kier molecular flexibility index (Phi) is 5.09. The number of rotatable bonds is 6. The number of nitrogens with two attached hydrogens (primary N) is 1. The van der Waals surface area contributed by atoms with Crippen LogP contribution in [0, 0.1) is 0 Å². The van der Waals surface area contributed by atoms with Gasteiger partial charge in [0, 0.05) is 38.1 Å². The Morgan fingerprint density at radius 3 is 2.70 bits per heavy atom. The molecule has 0 saturated carbocycles. The second-order valence-electron chi connectivity index (χ2n) is 5.53. The fourth-order valence-electron chi connectivity index (χ4n) is 2.91. The molecule has 0 radical (unpaired) electrons. The van der Waals surface area contributed by atoms with E-state index in [-0.39, 0.29) is 11.6 Å². The molecule has 7 nitrogen and oxygen atoms in total. The summed E-state index contributed by atoms with van der Waals surface area (Å²) in [7, 11) is 1.91. The second-order valence-corrected chi connectivity index (χ2v) is 5.53. The van der Waals surface area contributed by atoms with Gasteiger partial charge in [-0.3, -0.25) is 20.9 Å². The second kappa shape index (κ2) is 6.62. The zero-order valence-electron chi connectivity index (χ0n) is 12.7. The number of hydrogen-bond acceptors (Lipinski definition) is 6. The normalized spacial score (nSPS) is 21.6. The van der Waals surface area contributed by atoms with Crippen LogP contribution in [0.25, 0.3) is 0 Å². The first-order valence-electron chi connectivity index (χ1n) is 7.23. The van der Waals surface area contributed by atoms with Crippen molar-refractivity contribution in [2.75, 3.05) is 26.3 Å². The summed E-state index contributed by atoms with van der Waals surface area (Å²) in [5, 5.41) is 4.13. The Bertz CT molecular complexity index is 417. The van der Waals surface area contributed by atoms with Crippen molar-refractivity contribution in [2.24, 2.45) is 12.9 Å². The van der Waals surface area contributed by atoms with Crippen LogP contribution in [0.4, 0.5) is 0 Å². The average molecular weight is 282 g/mol. The van der Waals surface area contributed by atoms with Crippen LogP contribution in [-0.4, -0.2) is 57.5 Å². The number of morpholine rings is 1. The number of nitrogens with zero attached hydrogens (tertiary/aromatic N) is 4. The lowest BCUT2D eigenvalue weighted by Crippen LogP contribution is -2.63. The van der Waals surface area contributed by atoms with Gasteiger partial charge < -0.3 is 4.74 Å². The topological polar surface area (TPSA) is 81.2 Å². The molecule has 1 fully saturated rings. The average Bonchev–Trinajstić information content (AvgIpc) is 2.90. The molecular weight excluding hydrogens is 256 g/mol. The van der Waals surface area contributed by atoms with Crippen molar-refractivity contribution >= 4 is 0 Å². The number of nitrogens with one attached hydrogen (secondary N) is 1. The minimum atomic E-state index is -0.0233. The SMILES string of the molecule is CCC(C)(C(Cc1ncnn1C)NN)N1CCOCC1. The highest BCUT2D eigenvalue weighted by molar-refractivity contribution is 5.01. The first-order chi connectivity index (χ1) is 9.61. The highest BCUT2D eigenvalue weighted by atomic mass is 16.5. The Labute approximate surface area is 120 Å². The summed E-state index contributed by atoms with van der Waals surface area (Å²) < 4.78 is 7.26. The van der Waals surface area contributed by atoms with Crippen molar-refractivity contribution < 1.29 is 4.74 Å². The molecule has 1 aromatic rings. The Balaban J connectivity index is 2.15. The number of aryl methyl sites for hydroxylation is 1. The Hall–Kier alpha value is -1.02. The molecule has 0 aliphatic carbocycles. The van der Waals surface area contributed by atoms with Crippen LogP contribution in [0.1, 0.15) is 26.1 Å². The molecule has 1 aromatic heterocycles. The van der Waals surface area contributed by atoms with Crippen molar-refractivity contribution in [1.29, 1.82) is 0 Å². The monoisotopic (exact) mass is 282 g/mol. The summed E-state index contributed by atoms with van der Waals surface area (Å²) in [5.41, 5.74) is 2.97. The summed E-state index contributed by atoms with van der Waals surface area (Å²) >= 11 is 0. The van der Waals surface area contributed by atoms with Gasteiger partial charge >= 0.3 is 0 Å². The highest BCUT2D eigenvalue weighted by Crippen LogP contribution is 2.26. The van der Waals surface area contributed by atoms with Gasteiger partial charge in [-0.15, -0.1) is 0 Å². The molecule has 1 aliphatic heterocycles. The highest BCUT2D eigenvalue weighted by Gasteiger charge is 2.39. The molecule has 2 atom stereocenters. The maximum Gasteiger partial charge on any atom is 0.138 e. The van der Waals surface area contributed by atoms with Crippen molar-refractivity contribution in [2.45, 2.75) is 38.3 Å². The maximum absolute atomic E-state index is 5.84. The molecule has 0 aromatic carbocycles. The molecule has 0 bridgehead atoms. The van der Waals surface area contributed by atoms with Crippen molar-refractivity contribution in [3.05, 3.63) is 12.2 Å². The van der Waals surface area contributed by atoms with Gasteiger partial charge in [0.05, 0.1) is 13.2 Å². The quantitative estimate of drug-likeness (QED) is 0.550. The molecule has 1 aliphatic rings. The fourth-order valence-corrected chi connectivity index (χ4v) is 2.91. The van der Waals surface area contributed by atoms with E-state index in [2.05, 4.69) is 34.3 Å². The number of hydrazine groups is 1. The molecule has 7 heteroatoms. The van der Waals surface area contributed by atoms with E-state index in [9.17, 15) is 0 Å². The third kappa shape index (κ3) is 3.01. The van der Waals surface area contributed by atoms with E-state index in [1.807, 2.05) is 7.05 Å². The van der Waals surface area contributed by atoms with Crippen LogP contribution >= 0.6 is 0 Å². The number of hydrogen-bond donors (Lipinski definition) is 2. The zero-order chi connectivity index (χ0) is 14.6. The molecule has 20 heavy (non-hydrogen) atoms. The first-order valence-corrected chi connectivity index (χ1v) is 7.23. The predicted molar refractivity (Wildman–Crippen MR) is 76.9 cm³/mol. The van der Waals surface area contributed by atoms with E-state index >= 15 is 0 Å². The van der Waals surface area contributed by atoms with Gasteiger partial charge in [0.2, 0.25) is 0 Å². The summed E-state index contributed by atoms with van der Waals surface area (Å²) in [4.78, 5) is 6.78. The summed E-state index contributed by atoms with van der Waals surface area (Å²) in [6, 6.07) is 0.119. The third-order valence-corrected chi connectivity index (χ3v) is 4.59.